The quantitative estimate of drug-likeness (QED) is 0.212. The number of phenols is 2. The van der Waals surface area contributed by atoms with Gasteiger partial charge < -0.3 is 10.2 Å². The van der Waals surface area contributed by atoms with Crippen LogP contribution < -0.4 is 0 Å². The minimum absolute atomic E-state index is 0.422. The van der Waals surface area contributed by atoms with Crippen molar-refractivity contribution in [3.8, 4) is 11.5 Å². The van der Waals surface area contributed by atoms with Crippen LogP contribution >= 0.6 is 0 Å². The summed E-state index contributed by atoms with van der Waals surface area (Å²) in [4.78, 5) is 0. The SMILES string of the molecule is Cc1cc(C)c(O)c(C)c1.Cc1cc(C)c(O)c(C)c1.[CH3][Zr]([CH3])(=[SiH2])([CH]1C=Cc2ccccc21)[CH]1C=Cc2ccccc21. The van der Waals surface area contributed by atoms with Crippen molar-refractivity contribution < 1.29 is 27.6 Å². The molecule has 0 saturated heterocycles. The van der Waals surface area contributed by atoms with E-state index in [1.165, 1.54) is 22.3 Å². The van der Waals surface area contributed by atoms with Gasteiger partial charge in [-0.15, -0.1) is 0 Å². The molecule has 0 amide bonds. The number of phenolic OH excluding ortho intramolecular Hbond substituents is 2. The Morgan fingerprint density at radius 2 is 0.857 bits per heavy atom. The molecule has 42 heavy (non-hydrogen) atoms. The summed E-state index contributed by atoms with van der Waals surface area (Å²) in [5, 5.41) is 18.7. The molecule has 0 heterocycles. The second kappa shape index (κ2) is 12.3. The fourth-order valence-corrected chi connectivity index (χ4v) is 21.7. The van der Waals surface area contributed by atoms with Crippen LogP contribution in [0.2, 0.25) is 9.26 Å². The summed E-state index contributed by atoms with van der Waals surface area (Å²) in [5.41, 5.74) is 12.2. The second-order valence-corrected chi connectivity index (χ2v) is 44.1. The molecule has 4 heteroatoms. The zero-order chi connectivity index (χ0) is 30.8. The van der Waals surface area contributed by atoms with E-state index in [9.17, 15) is 10.2 Å². The maximum atomic E-state index is 9.33. The number of rotatable bonds is 2. The van der Waals surface area contributed by atoms with Crippen LogP contribution in [-0.2, 0) is 17.4 Å². The molecular formula is C38H46O2SiZr. The van der Waals surface area contributed by atoms with Gasteiger partial charge in [-0.2, -0.15) is 0 Å². The van der Waals surface area contributed by atoms with Gasteiger partial charge in [0.25, 0.3) is 0 Å². The average Bonchev–Trinajstić information content (AvgIpc) is 3.57. The van der Waals surface area contributed by atoms with Gasteiger partial charge in [-0.3, -0.25) is 0 Å². The summed E-state index contributed by atoms with van der Waals surface area (Å²) in [7, 11) is 0. The van der Waals surface area contributed by atoms with Crippen LogP contribution in [0.4, 0.5) is 0 Å². The van der Waals surface area contributed by atoms with Crippen molar-refractivity contribution in [1.29, 1.82) is 0 Å². The summed E-state index contributed by atoms with van der Waals surface area (Å²) in [6.07, 6.45) is 9.69. The van der Waals surface area contributed by atoms with E-state index in [0.29, 0.717) is 18.8 Å². The fraction of sp³-hybridized carbons (Fsp3) is 0.263. The summed E-state index contributed by atoms with van der Waals surface area (Å²) >= 11 is -3.02. The predicted molar refractivity (Wildman–Crippen MR) is 181 cm³/mol. The molecule has 218 valence electrons. The van der Waals surface area contributed by atoms with E-state index in [-0.39, 0.29) is 0 Å². The molecule has 4 aromatic rings. The first-order chi connectivity index (χ1) is 19.7. The summed E-state index contributed by atoms with van der Waals surface area (Å²) in [6.45, 7) is 14.1. The van der Waals surface area contributed by atoms with Crippen molar-refractivity contribution in [3.05, 3.63) is 141 Å². The van der Waals surface area contributed by atoms with Gasteiger partial charge in [0.2, 0.25) is 0 Å². The van der Waals surface area contributed by atoms with Gasteiger partial charge in [0, 0.05) is 0 Å². The Kier molecular flexibility index (Phi) is 9.40. The Morgan fingerprint density at radius 3 is 1.19 bits per heavy atom. The van der Waals surface area contributed by atoms with Gasteiger partial charge in [-0.25, -0.2) is 0 Å². The Bertz CT molecular complexity index is 1590. The van der Waals surface area contributed by atoms with Crippen molar-refractivity contribution in [3.63, 3.8) is 0 Å². The van der Waals surface area contributed by atoms with Crippen molar-refractivity contribution >= 4 is 19.0 Å². The van der Waals surface area contributed by atoms with Crippen LogP contribution in [0.1, 0.15) is 62.9 Å². The third-order valence-electron chi connectivity index (χ3n) is 8.91. The van der Waals surface area contributed by atoms with Crippen molar-refractivity contribution in [2.75, 3.05) is 0 Å². The van der Waals surface area contributed by atoms with E-state index in [4.69, 9.17) is 0 Å². The Morgan fingerprint density at radius 1 is 0.548 bits per heavy atom. The van der Waals surface area contributed by atoms with Crippen LogP contribution in [0.25, 0.3) is 12.2 Å². The minimum atomic E-state index is -3.02. The molecule has 2 aliphatic rings. The predicted octanol–water partition coefficient (Wildman–Crippen LogP) is 9.49. The van der Waals surface area contributed by atoms with E-state index in [2.05, 4.69) is 89.0 Å². The molecule has 4 aromatic carbocycles. The van der Waals surface area contributed by atoms with Gasteiger partial charge in [0.15, 0.2) is 0 Å². The standard InChI is InChI=1S/2C9H12O.2C9H7.2CH3.H2Si.Zr/c2*1-6-4-7(2)9(10)8(3)5-6;2*1-2-5-9-7-3-6-8(9)4-1;;;;/h2*4-5,10H,1-3H3;2*1-7H;2*1H3;1H2;. The number of benzene rings is 4. The second-order valence-electron chi connectivity index (χ2n) is 13.4. The monoisotopic (exact) mass is 652 g/mol. The molecule has 2 N–H and O–H groups in total. The number of fused-ring (bicyclic) bond motifs is 2. The Labute approximate surface area is 255 Å². The van der Waals surface area contributed by atoms with E-state index >= 15 is 0 Å². The number of allylic oxidation sites excluding steroid dienone is 2. The number of aryl methyl sites for hydroxylation is 6. The van der Waals surface area contributed by atoms with E-state index in [1.54, 1.807) is 11.1 Å². The average molecular weight is 654 g/mol. The molecule has 0 aromatic heterocycles. The van der Waals surface area contributed by atoms with Gasteiger partial charge in [-0.05, 0) is 63.8 Å². The Hall–Kier alpha value is -2.94. The third kappa shape index (κ3) is 6.66. The molecule has 6 rings (SSSR count). The van der Waals surface area contributed by atoms with Crippen LogP contribution in [0.5, 0.6) is 11.5 Å². The van der Waals surface area contributed by atoms with Crippen LogP contribution in [0.15, 0.2) is 84.9 Å². The summed E-state index contributed by atoms with van der Waals surface area (Å²) in [6, 6.07) is 25.8. The normalized spacial score (nSPS) is 16.6. The first-order valence-corrected chi connectivity index (χ1v) is 28.5. The first kappa shape index (κ1) is 32.0. The zero-order valence-corrected chi connectivity index (χ0v) is 30.4. The van der Waals surface area contributed by atoms with Crippen molar-refractivity contribution in [2.24, 2.45) is 0 Å². The van der Waals surface area contributed by atoms with Crippen molar-refractivity contribution in [1.82, 2.24) is 0 Å². The first-order valence-electron chi connectivity index (χ1n) is 14.8. The molecule has 0 saturated carbocycles. The molecular weight excluding hydrogens is 608 g/mol. The maximum absolute atomic E-state index is 9.33. The van der Waals surface area contributed by atoms with Crippen molar-refractivity contribution in [2.45, 2.75) is 58.1 Å². The molecule has 0 bridgehead atoms. The van der Waals surface area contributed by atoms with Gasteiger partial charge in [-0.1, -0.05) is 35.4 Å². The molecule has 0 aliphatic heterocycles. The van der Waals surface area contributed by atoms with Gasteiger partial charge in [0.1, 0.15) is 11.5 Å². The summed E-state index contributed by atoms with van der Waals surface area (Å²) in [5.74, 6) is 0.844. The zero-order valence-electron chi connectivity index (χ0n) is 26.5. The Balaban J connectivity index is 0.000000169. The molecule has 2 unspecified atom stereocenters. The number of hydrogen-bond donors (Lipinski definition) is 2. The molecule has 2 atom stereocenters. The molecule has 2 aliphatic carbocycles. The molecule has 0 fully saturated rings. The molecule has 2 nitrogen and oxygen atoms in total. The van der Waals surface area contributed by atoms with Gasteiger partial charge in [0.05, 0.1) is 0 Å². The fourth-order valence-electron chi connectivity index (χ4n) is 6.69. The number of aromatic hydroxyl groups is 2. The van der Waals surface area contributed by atoms with E-state index in [0.717, 1.165) is 22.3 Å². The van der Waals surface area contributed by atoms with Crippen LogP contribution in [0, 0.1) is 41.5 Å². The third-order valence-corrected chi connectivity index (χ3v) is 26.6. The molecule has 0 radical (unpaired) electrons. The summed E-state index contributed by atoms with van der Waals surface area (Å²) < 4.78 is 6.59. The topological polar surface area (TPSA) is 40.5 Å². The number of hydrogen-bond acceptors (Lipinski definition) is 2. The van der Waals surface area contributed by atoms with Crippen LogP contribution in [-0.4, -0.2) is 17.1 Å². The van der Waals surface area contributed by atoms with Gasteiger partial charge >= 0.3 is 136 Å². The van der Waals surface area contributed by atoms with Crippen LogP contribution in [0.3, 0.4) is 0 Å². The molecule has 0 spiro atoms. The van der Waals surface area contributed by atoms with E-state index in [1.807, 2.05) is 65.8 Å². The van der Waals surface area contributed by atoms with E-state index < -0.39 is 17.4 Å².